The molecular formula is C6H14N2O2. The van der Waals surface area contributed by atoms with E-state index >= 15 is 0 Å². The Morgan fingerprint density at radius 1 is 1.80 bits per heavy atom. The van der Waals surface area contributed by atoms with E-state index < -0.39 is 37.6 Å². The lowest BCUT2D eigenvalue weighted by Crippen LogP contribution is -2.29. The van der Waals surface area contributed by atoms with E-state index in [0.717, 1.165) is 0 Å². The molecule has 0 amide bonds. The Balaban J connectivity index is 5.99. The number of carboxylic acids is 1. The summed E-state index contributed by atoms with van der Waals surface area (Å²) in [6, 6.07) is -3.53. The topological polar surface area (TPSA) is 89.3 Å². The summed E-state index contributed by atoms with van der Waals surface area (Å²) in [6.45, 7) is -3.32. The molecule has 5 N–H and O–H groups in total. The van der Waals surface area contributed by atoms with E-state index in [-0.39, 0.29) is 0 Å². The maximum atomic E-state index is 10.7. The molecule has 0 bridgehead atoms. The third-order valence-electron chi connectivity index (χ3n) is 0.562. The van der Waals surface area contributed by atoms with E-state index in [1.165, 1.54) is 0 Å². The van der Waals surface area contributed by atoms with Gasteiger partial charge in [0.2, 0.25) is 0 Å². The number of carboxylic acid groups (broad SMARTS) is 1. The zero-order chi connectivity index (χ0) is 16.1. The fraction of sp³-hybridized carbons (Fsp3) is 0.833. The van der Waals surface area contributed by atoms with Crippen molar-refractivity contribution in [3.8, 4) is 0 Å². The van der Waals surface area contributed by atoms with Gasteiger partial charge in [-0.2, -0.15) is 0 Å². The molecule has 0 radical (unpaired) electrons. The number of hydrogen-bond acceptors (Lipinski definition) is 3. The average Bonchev–Trinajstić information content (AvgIpc) is 2.14. The Bertz CT molecular complexity index is 375. The van der Waals surface area contributed by atoms with Crippen LogP contribution in [0, 0.1) is 0 Å². The summed E-state index contributed by atoms with van der Waals surface area (Å²) in [6.07, 6.45) is -11.2. The Kier molecular flexibility index (Phi) is 1.14. The predicted octanol–water partition coefficient (Wildman–Crippen LogP) is -0.473. The Morgan fingerprint density at radius 3 is 2.80 bits per heavy atom. The second-order valence-corrected chi connectivity index (χ2v) is 1.24. The summed E-state index contributed by atoms with van der Waals surface area (Å²) in [7, 11) is 0. The van der Waals surface area contributed by atoms with Gasteiger partial charge in [0.05, 0.1) is 1.37 Å². The van der Waals surface area contributed by atoms with E-state index in [1.54, 1.807) is 0 Å². The van der Waals surface area contributed by atoms with Crippen molar-refractivity contribution >= 4 is 5.97 Å². The SMILES string of the molecule is [2H]C([2H])([15NH2])C([2H])([2H])C([2H])([2H])C([2H])([2H])[C@]([2H])([15NH2])C(=O)O. The molecule has 0 aliphatic carbocycles. The number of carbonyl (C=O) groups is 1. The lowest BCUT2D eigenvalue weighted by molar-refractivity contribution is -0.138. The first-order chi connectivity index (χ1) is 7.94. The molecule has 0 aliphatic heterocycles. The fourth-order valence-electron chi connectivity index (χ4n) is 0.188. The summed E-state index contributed by atoms with van der Waals surface area (Å²) >= 11 is 0. The molecule has 0 aromatic heterocycles. The molecule has 1 atom stereocenters. The Morgan fingerprint density at radius 2 is 2.40 bits per heavy atom. The Labute approximate surface area is 72.8 Å². The quantitative estimate of drug-likeness (QED) is 0.470. The first kappa shape index (κ1) is 2.19. The summed E-state index contributed by atoms with van der Waals surface area (Å²) < 4.78 is 65.1. The van der Waals surface area contributed by atoms with Crippen molar-refractivity contribution < 1.29 is 22.2 Å². The van der Waals surface area contributed by atoms with Gasteiger partial charge in [-0.25, -0.2) is 0 Å². The molecule has 0 heterocycles. The molecule has 4 nitrogen and oxygen atoms in total. The summed E-state index contributed by atoms with van der Waals surface area (Å²) in [5.41, 5.74) is 9.70. The van der Waals surface area contributed by atoms with Crippen LogP contribution in [-0.4, -0.2) is 23.6 Å². The van der Waals surface area contributed by atoms with Gasteiger partial charge in [0.1, 0.15) is 6.02 Å². The van der Waals surface area contributed by atoms with Crippen LogP contribution in [0.25, 0.3) is 0 Å². The number of nitrogens with two attached hydrogens (primary N) is 2. The van der Waals surface area contributed by atoms with Crippen LogP contribution < -0.4 is 11.5 Å². The second-order valence-electron chi connectivity index (χ2n) is 1.24. The number of rotatable bonds is 5. The fourth-order valence-corrected chi connectivity index (χ4v) is 0.188. The van der Waals surface area contributed by atoms with Crippen LogP contribution >= 0.6 is 0 Å². The first-order valence-electron chi connectivity index (χ1n) is 6.76. The molecule has 0 aliphatic rings. The molecule has 0 aromatic carbocycles. The molecule has 0 saturated heterocycles. The van der Waals surface area contributed by atoms with Crippen LogP contribution in [0.4, 0.5) is 0 Å². The van der Waals surface area contributed by atoms with Crippen LogP contribution in [0.15, 0.2) is 0 Å². The third-order valence-corrected chi connectivity index (χ3v) is 0.562. The normalized spacial score (nSPS) is 35.2. The standard InChI is InChI=1S/C6H14N2O2/c7-4-2-1-3-5(8)6(9)10/h5H,1-4,7-8H2,(H,9,10)/t5-/m0/s1/i1D2,2D2,3D2,4D2,5D,7+1,8+1. The van der Waals surface area contributed by atoms with E-state index in [2.05, 4.69) is 0 Å². The highest BCUT2D eigenvalue weighted by molar-refractivity contribution is 5.72. The van der Waals surface area contributed by atoms with E-state index in [9.17, 15) is 4.79 Å². The maximum absolute atomic E-state index is 10.7. The van der Waals surface area contributed by atoms with Gasteiger partial charge < -0.3 is 16.6 Å². The maximum Gasteiger partial charge on any atom is 0.320 e. The summed E-state index contributed by atoms with van der Waals surface area (Å²) in [4.78, 5) is 10.7. The van der Waals surface area contributed by atoms with Crippen LogP contribution in [0.3, 0.4) is 0 Å². The van der Waals surface area contributed by atoms with E-state index in [1.807, 2.05) is 0 Å². The number of aliphatic carboxylic acids is 1. The van der Waals surface area contributed by atoms with Crippen LogP contribution in [0.1, 0.15) is 31.5 Å². The molecule has 0 rings (SSSR count). The minimum absolute atomic E-state index is 2.23. The zero-order valence-electron chi connectivity index (χ0n) is 14.0. The smallest absolute Gasteiger partial charge is 0.320 e. The minimum atomic E-state index is -3.78. The van der Waals surface area contributed by atoms with Crippen molar-refractivity contribution in [1.82, 2.24) is 0 Å². The molecular weight excluding hydrogens is 134 g/mol. The van der Waals surface area contributed by atoms with Gasteiger partial charge >= 0.3 is 5.97 Å². The largest absolute Gasteiger partial charge is 0.480 e. The van der Waals surface area contributed by atoms with Gasteiger partial charge in [-0.05, 0) is 19.2 Å². The molecule has 4 heteroatoms. The van der Waals surface area contributed by atoms with E-state index in [0.29, 0.717) is 0 Å². The van der Waals surface area contributed by atoms with Gasteiger partial charge in [-0.3, -0.25) is 4.79 Å². The highest BCUT2D eigenvalue weighted by atomic mass is 16.4. The molecule has 0 spiro atoms. The van der Waals surface area contributed by atoms with Gasteiger partial charge in [-0.15, -0.1) is 0 Å². The minimum Gasteiger partial charge on any atom is -0.480 e. The van der Waals surface area contributed by atoms with Gasteiger partial charge in [0, 0.05) is 11.0 Å². The molecule has 0 fully saturated rings. The monoisotopic (exact) mass is 157 g/mol. The van der Waals surface area contributed by atoms with Gasteiger partial charge in [-0.1, -0.05) is 6.37 Å². The summed E-state index contributed by atoms with van der Waals surface area (Å²) in [5.74, 6) is -2.23. The van der Waals surface area contributed by atoms with Crippen molar-refractivity contribution in [1.29, 1.82) is 0 Å². The summed E-state index contributed by atoms with van der Waals surface area (Å²) in [5, 5.41) is 8.64. The highest BCUT2D eigenvalue weighted by Gasteiger charge is 2.09. The van der Waals surface area contributed by atoms with Crippen LogP contribution in [0.5, 0.6) is 0 Å². The lowest BCUT2D eigenvalue weighted by atomic mass is 10.1. The lowest BCUT2D eigenvalue weighted by Gasteiger charge is -2.03. The van der Waals surface area contributed by atoms with Crippen LogP contribution in [0.2, 0.25) is 0 Å². The van der Waals surface area contributed by atoms with E-state index in [4.69, 9.17) is 28.9 Å². The van der Waals surface area contributed by atoms with Crippen molar-refractivity contribution in [2.45, 2.75) is 25.1 Å². The van der Waals surface area contributed by atoms with Gasteiger partial charge in [0.25, 0.3) is 0 Å². The predicted molar refractivity (Wildman–Crippen MR) is 38.5 cm³/mol. The molecule has 60 valence electrons. The second kappa shape index (κ2) is 5.20. The van der Waals surface area contributed by atoms with Crippen molar-refractivity contribution in [2.24, 2.45) is 11.5 Å². The molecule has 10 heavy (non-hydrogen) atoms. The Hall–Kier alpha value is -0.610. The third kappa shape index (κ3) is 4.29. The molecule has 0 aromatic rings. The van der Waals surface area contributed by atoms with Crippen molar-refractivity contribution in [3.05, 3.63) is 0 Å². The van der Waals surface area contributed by atoms with Crippen LogP contribution in [-0.2, 0) is 4.79 Å². The van der Waals surface area contributed by atoms with Crippen molar-refractivity contribution in [2.75, 3.05) is 6.50 Å². The molecule has 0 unspecified atom stereocenters. The first-order valence-corrected chi connectivity index (χ1v) is 2.26. The average molecular weight is 157 g/mol. The van der Waals surface area contributed by atoms with Gasteiger partial charge in [0.15, 0.2) is 0 Å². The molecule has 0 saturated carbocycles. The highest BCUT2D eigenvalue weighted by Crippen LogP contribution is 1.96. The van der Waals surface area contributed by atoms with Crippen molar-refractivity contribution in [3.63, 3.8) is 0 Å². The zero-order valence-corrected chi connectivity index (χ0v) is 5.01. The number of hydrogen-bond donors (Lipinski definition) is 3.